The Kier molecular flexibility index (Phi) is 5.59. The highest BCUT2D eigenvalue weighted by Gasteiger charge is 2.38. The van der Waals surface area contributed by atoms with E-state index in [9.17, 15) is 19.5 Å². The van der Waals surface area contributed by atoms with E-state index in [1.54, 1.807) is 18.7 Å². The molecule has 2 N–H and O–H groups in total. The van der Waals surface area contributed by atoms with Crippen LogP contribution < -0.4 is 10.2 Å². The van der Waals surface area contributed by atoms with Gasteiger partial charge in [-0.15, -0.1) is 0 Å². The van der Waals surface area contributed by atoms with Crippen molar-refractivity contribution in [3.63, 3.8) is 0 Å². The number of benzene rings is 1. The third kappa shape index (κ3) is 3.75. The summed E-state index contributed by atoms with van der Waals surface area (Å²) in [7, 11) is 0. The largest absolute Gasteiger partial charge is 0.481 e. The number of carboxylic acids is 1. The first-order valence-electron chi connectivity index (χ1n) is 8.30. The second-order valence-electron chi connectivity index (χ2n) is 6.28. The summed E-state index contributed by atoms with van der Waals surface area (Å²) in [6.07, 6.45) is 0.961. The minimum Gasteiger partial charge on any atom is -0.481 e. The third-order valence-corrected chi connectivity index (χ3v) is 4.86. The summed E-state index contributed by atoms with van der Waals surface area (Å²) in [5, 5.41) is 12.2. The van der Waals surface area contributed by atoms with Crippen molar-refractivity contribution in [2.75, 3.05) is 11.4 Å². The number of anilines is 1. The van der Waals surface area contributed by atoms with Crippen LogP contribution in [0.25, 0.3) is 0 Å². The summed E-state index contributed by atoms with van der Waals surface area (Å²) in [5.74, 6) is -1.30. The van der Waals surface area contributed by atoms with Crippen molar-refractivity contribution in [3.05, 3.63) is 30.3 Å². The number of hydrogen-bond acceptors (Lipinski definition) is 3. The molecule has 1 saturated heterocycles. The first-order chi connectivity index (χ1) is 11.4. The lowest BCUT2D eigenvalue weighted by atomic mass is 9.79. The van der Waals surface area contributed by atoms with Crippen molar-refractivity contribution < 1.29 is 19.5 Å². The van der Waals surface area contributed by atoms with Crippen LogP contribution in [0.5, 0.6) is 0 Å². The molecular weight excluding hydrogens is 308 g/mol. The van der Waals surface area contributed by atoms with Crippen LogP contribution in [0.3, 0.4) is 0 Å². The fourth-order valence-corrected chi connectivity index (χ4v) is 3.13. The van der Waals surface area contributed by atoms with Gasteiger partial charge >= 0.3 is 5.97 Å². The van der Waals surface area contributed by atoms with Crippen molar-refractivity contribution in [2.24, 2.45) is 5.41 Å². The molecule has 1 heterocycles. The number of nitrogens with one attached hydrogen (secondary N) is 1. The number of rotatable bonds is 7. The summed E-state index contributed by atoms with van der Waals surface area (Å²) in [5.41, 5.74) is -0.229. The molecule has 1 unspecified atom stereocenters. The van der Waals surface area contributed by atoms with Gasteiger partial charge < -0.3 is 15.3 Å². The minimum absolute atomic E-state index is 0.0398. The average Bonchev–Trinajstić information content (AvgIpc) is 2.93. The highest BCUT2D eigenvalue weighted by molar-refractivity contribution is 5.97. The van der Waals surface area contributed by atoms with E-state index in [-0.39, 0.29) is 30.7 Å². The van der Waals surface area contributed by atoms with Crippen LogP contribution in [-0.4, -0.2) is 35.5 Å². The fraction of sp³-hybridized carbons (Fsp3) is 0.500. The zero-order chi connectivity index (χ0) is 17.7. The molecule has 1 atom stereocenters. The van der Waals surface area contributed by atoms with Crippen LogP contribution in [0.15, 0.2) is 30.3 Å². The van der Waals surface area contributed by atoms with Gasteiger partial charge in [-0.25, -0.2) is 0 Å². The monoisotopic (exact) mass is 332 g/mol. The molecule has 130 valence electrons. The molecule has 1 aromatic carbocycles. The molecule has 6 nitrogen and oxygen atoms in total. The third-order valence-electron chi connectivity index (χ3n) is 4.86. The van der Waals surface area contributed by atoms with Crippen molar-refractivity contribution in [1.29, 1.82) is 0 Å². The van der Waals surface area contributed by atoms with Crippen LogP contribution in [0.1, 0.15) is 39.5 Å². The van der Waals surface area contributed by atoms with Gasteiger partial charge in [-0.3, -0.25) is 14.4 Å². The Hall–Kier alpha value is -2.37. The second-order valence-corrected chi connectivity index (χ2v) is 6.28. The summed E-state index contributed by atoms with van der Waals surface area (Å²) < 4.78 is 0. The summed E-state index contributed by atoms with van der Waals surface area (Å²) >= 11 is 0. The Morgan fingerprint density at radius 3 is 2.42 bits per heavy atom. The Balaban J connectivity index is 1.98. The number of carbonyl (C=O) groups excluding carboxylic acids is 2. The highest BCUT2D eigenvalue weighted by Crippen LogP contribution is 2.31. The predicted molar refractivity (Wildman–Crippen MR) is 90.6 cm³/mol. The van der Waals surface area contributed by atoms with E-state index in [2.05, 4.69) is 5.32 Å². The van der Waals surface area contributed by atoms with Crippen LogP contribution in [0.4, 0.5) is 5.69 Å². The van der Waals surface area contributed by atoms with Gasteiger partial charge in [-0.05, 0) is 25.0 Å². The minimum atomic E-state index is -1.04. The highest BCUT2D eigenvalue weighted by atomic mass is 16.4. The Labute approximate surface area is 141 Å². The summed E-state index contributed by atoms with van der Waals surface area (Å²) in [6, 6.07) is 9.02. The molecule has 2 amide bonds. The molecule has 1 aliphatic heterocycles. The van der Waals surface area contributed by atoms with E-state index in [1.165, 1.54) is 0 Å². The van der Waals surface area contributed by atoms with Gasteiger partial charge in [0.1, 0.15) is 0 Å². The van der Waals surface area contributed by atoms with Gasteiger partial charge in [-0.1, -0.05) is 32.0 Å². The van der Waals surface area contributed by atoms with E-state index in [0.717, 1.165) is 5.69 Å². The number of hydrogen-bond donors (Lipinski definition) is 2. The molecule has 2 rings (SSSR count). The zero-order valence-electron chi connectivity index (χ0n) is 14.1. The van der Waals surface area contributed by atoms with Gasteiger partial charge in [0.2, 0.25) is 11.8 Å². The zero-order valence-corrected chi connectivity index (χ0v) is 14.1. The molecule has 24 heavy (non-hydrogen) atoms. The SMILES string of the molecule is CCC(CC)(CC(=O)NC1CC(=O)N(c2ccccc2)C1)C(=O)O. The molecule has 6 heteroatoms. The van der Waals surface area contributed by atoms with Crippen LogP contribution in [-0.2, 0) is 14.4 Å². The fourth-order valence-electron chi connectivity index (χ4n) is 3.13. The number of nitrogens with zero attached hydrogens (tertiary/aromatic N) is 1. The Morgan fingerprint density at radius 2 is 1.88 bits per heavy atom. The van der Waals surface area contributed by atoms with Crippen LogP contribution in [0, 0.1) is 5.41 Å². The van der Waals surface area contributed by atoms with Crippen molar-refractivity contribution in [1.82, 2.24) is 5.32 Å². The van der Waals surface area contributed by atoms with Gasteiger partial charge in [-0.2, -0.15) is 0 Å². The maximum absolute atomic E-state index is 12.3. The van der Waals surface area contributed by atoms with Crippen molar-refractivity contribution >= 4 is 23.5 Å². The van der Waals surface area contributed by atoms with Gasteiger partial charge in [0, 0.05) is 25.1 Å². The van der Waals surface area contributed by atoms with Crippen LogP contribution >= 0.6 is 0 Å². The van der Waals surface area contributed by atoms with E-state index in [4.69, 9.17) is 0 Å². The topological polar surface area (TPSA) is 86.7 Å². The van der Waals surface area contributed by atoms with E-state index in [1.807, 2.05) is 30.3 Å². The normalized spacial score (nSPS) is 17.8. The molecule has 1 aliphatic rings. The number of para-hydroxylation sites is 1. The molecule has 1 aromatic rings. The van der Waals surface area contributed by atoms with Gasteiger partial charge in [0.05, 0.1) is 11.5 Å². The number of carboxylic acid groups (broad SMARTS) is 1. The Morgan fingerprint density at radius 1 is 1.25 bits per heavy atom. The molecule has 0 bridgehead atoms. The van der Waals surface area contributed by atoms with E-state index in [0.29, 0.717) is 19.4 Å². The smallest absolute Gasteiger partial charge is 0.310 e. The lowest BCUT2D eigenvalue weighted by Gasteiger charge is -2.26. The number of amides is 2. The lowest BCUT2D eigenvalue weighted by molar-refractivity contribution is -0.152. The summed E-state index contributed by atoms with van der Waals surface area (Å²) in [6.45, 7) is 3.97. The number of aliphatic carboxylic acids is 1. The molecule has 1 fully saturated rings. The van der Waals surface area contributed by atoms with Crippen molar-refractivity contribution in [3.8, 4) is 0 Å². The maximum atomic E-state index is 12.3. The van der Waals surface area contributed by atoms with Gasteiger partial charge in [0.25, 0.3) is 0 Å². The average molecular weight is 332 g/mol. The molecule has 0 radical (unpaired) electrons. The predicted octanol–water partition coefficient (Wildman–Crippen LogP) is 2.19. The molecular formula is C18H24N2O4. The molecule has 0 aliphatic carbocycles. The number of carbonyl (C=O) groups is 3. The molecule has 0 aromatic heterocycles. The van der Waals surface area contributed by atoms with Crippen LogP contribution in [0.2, 0.25) is 0 Å². The van der Waals surface area contributed by atoms with Gasteiger partial charge in [0.15, 0.2) is 0 Å². The lowest BCUT2D eigenvalue weighted by Crippen LogP contribution is -2.42. The molecule has 0 saturated carbocycles. The second kappa shape index (κ2) is 7.47. The first kappa shape index (κ1) is 18.0. The molecule has 0 spiro atoms. The van der Waals surface area contributed by atoms with Crippen molar-refractivity contribution in [2.45, 2.75) is 45.6 Å². The Bertz CT molecular complexity index is 611. The first-order valence-corrected chi connectivity index (χ1v) is 8.30. The van der Waals surface area contributed by atoms with E-state index < -0.39 is 11.4 Å². The van der Waals surface area contributed by atoms with E-state index >= 15 is 0 Å². The summed E-state index contributed by atoms with van der Waals surface area (Å²) in [4.78, 5) is 37.6. The standard InChI is InChI=1S/C18H24N2O4/c1-3-18(4-2,17(23)24)11-15(21)19-13-10-16(22)20(12-13)14-8-6-5-7-9-14/h5-9,13H,3-4,10-12H2,1-2H3,(H,19,21)(H,23,24). The maximum Gasteiger partial charge on any atom is 0.310 e. The quantitative estimate of drug-likeness (QED) is 0.801.